The van der Waals surface area contributed by atoms with E-state index in [1.807, 2.05) is 98.8 Å². The summed E-state index contributed by atoms with van der Waals surface area (Å²) in [6.45, 7) is 4.12. The SMILES string of the molecule is CC(C)NC(=O)[C@H](Cc1ccccc1)N(Cc1ccccc1Cl)C(=O)CCSc1ccccc1. The number of thioether (sulfide) groups is 1. The molecule has 0 fully saturated rings. The lowest BCUT2D eigenvalue weighted by Gasteiger charge is -2.32. The highest BCUT2D eigenvalue weighted by molar-refractivity contribution is 7.99. The number of hydrogen-bond acceptors (Lipinski definition) is 3. The fourth-order valence-electron chi connectivity index (χ4n) is 3.66. The van der Waals surface area contributed by atoms with Crippen molar-refractivity contribution in [2.45, 2.75) is 50.2 Å². The van der Waals surface area contributed by atoms with Crippen LogP contribution in [0.3, 0.4) is 0 Å². The van der Waals surface area contributed by atoms with Gasteiger partial charge < -0.3 is 10.2 Å². The number of amides is 2. The fourth-order valence-corrected chi connectivity index (χ4v) is 4.72. The van der Waals surface area contributed by atoms with Gasteiger partial charge in [-0.25, -0.2) is 0 Å². The van der Waals surface area contributed by atoms with Crippen LogP contribution < -0.4 is 5.32 Å². The maximum atomic E-state index is 13.6. The Morgan fingerprint density at radius 2 is 1.53 bits per heavy atom. The number of carbonyl (C=O) groups excluding carboxylic acids is 2. The molecule has 0 heterocycles. The van der Waals surface area contributed by atoms with Gasteiger partial charge in [-0.05, 0) is 43.2 Å². The molecule has 0 spiro atoms. The van der Waals surface area contributed by atoms with Gasteiger partial charge in [-0.3, -0.25) is 9.59 Å². The van der Waals surface area contributed by atoms with E-state index in [1.165, 1.54) is 0 Å². The zero-order chi connectivity index (χ0) is 24.3. The van der Waals surface area contributed by atoms with Crippen molar-refractivity contribution in [3.63, 3.8) is 0 Å². The number of halogens is 1. The van der Waals surface area contributed by atoms with E-state index in [9.17, 15) is 9.59 Å². The molecular formula is C28H31ClN2O2S. The van der Waals surface area contributed by atoms with Gasteiger partial charge >= 0.3 is 0 Å². The molecule has 0 aliphatic rings. The second kappa shape index (κ2) is 13.2. The first-order valence-electron chi connectivity index (χ1n) is 11.5. The van der Waals surface area contributed by atoms with Crippen molar-refractivity contribution in [2.75, 3.05) is 5.75 Å². The van der Waals surface area contributed by atoms with Crippen LogP contribution in [-0.4, -0.2) is 34.6 Å². The molecule has 0 aromatic heterocycles. The summed E-state index contributed by atoms with van der Waals surface area (Å²) in [7, 11) is 0. The smallest absolute Gasteiger partial charge is 0.243 e. The maximum Gasteiger partial charge on any atom is 0.243 e. The molecule has 3 aromatic carbocycles. The van der Waals surface area contributed by atoms with Crippen LogP contribution in [0.15, 0.2) is 89.8 Å². The molecule has 178 valence electrons. The molecule has 0 unspecified atom stereocenters. The van der Waals surface area contributed by atoms with E-state index in [1.54, 1.807) is 16.7 Å². The Bertz CT molecular complexity index is 1060. The van der Waals surface area contributed by atoms with Crippen LogP contribution in [0.25, 0.3) is 0 Å². The minimum Gasteiger partial charge on any atom is -0.352 e. The molecule has 34 heavy (non-hydrogen) atoms. The average molecular weight is 495 g/mol. The van der Waals surface area contributed by atoms with E-state index in [2.05, 4.69) is 5.32 Å². The third-order valence-electron chi connectivity index (χ3n) is 5.33. The van der Waals surface area contributed by atoms with Crippen molar-refractivity contribution in [3.05, 3.63) is 101 Å². The van der Waals surface area contributed by atoms with Crippen molar-refractivity contribution in [1.82, 2.24) is 10.2 Å². The Morgan fingerprint density at radius 1 is 0.912 bits per heavy atom. The number of benzene rings is 3. The van der Waals surface area contributed by atoms with Crippen molar-refractivity contribution in [2.24, 2.45) is 0 Å². The molecule has 3 aromatic rings. The average Bonchev–Trinajstić information content (AvgIpc) is 2.83. The molecule has 0 radical (unpaired) electrons. The molecule has 0 saturated heterocycles. The predicted octanol–water partition coefficient (Wildman–Crippen LogP) is 5.99. The second-order valence-corrected chi connectivity index (χ2v) is 9.97. The first-order chi connectivity index (χ1) is 16.4. The number of nitrogens with one attached hydrogen (secondary N) is 1. The van der Waals surface area contributed by atoms with E-state index in [-0.39, 0.29) is 24.4 Å². The Kier molecular flexibility index (Phi) is 10.0. The first kappa shape index (κ1) is 25.9. The van der Waals surface area contributed by atoms with Gasteiger partial charge in [-0.1, -0.05) is 78.3 Å². The van der Waals surface area contributed by atoms with Crippen LogP contribution >= 0.6 is 23.4 Å². The van der Waals surface area contributed by atoms with Gasteiger partial charge in [0.1, 0.15) is 6.04 Å². The maximum absolute atomic E-state index is 13.6. The van der Waals surface area contributed by atoms with Crippen LogP contribution in [0.1, 0.15) is 31.4 Å². The summed E-state index contributed by atoms with van der Waals surface area (Å²) < 4.78 is 0. The van der Waals surface area contributed by atoms with Gasteiger partial charge in [0.2, 0.25) is 11.8 Å². The monoisotopic (exact) mass is 494 g/mol. The van der Waals surface area contributed by atoms with Crippen LogP contribution in [-0.2, 0) is 22.6 Å². The Balaban J connectivity index is 1.86. The second-order valence-electron chi connectivity index (χ2n) is 8.39. The fraction of sp³-hybridized carbons (Fsp3) is 0.286. The van der Waals surface area contributed by atoms with E-state index >= 15 is 0 Å². The number of nitrogens with zero attached hydrogens (tertiary/aromatic N) is 1. The summed E-state index contributed by atoms with van der Waals surface area (Å²) in [5.74, 6) is 0.407. The standard InChI is InChI=1S/C28H31ClN2O2S/c1-21(2)30-28(33)26(19-22-11-5-3-6-12-22)31(20-23-13-9-10-16-25(23)29)27(32)17-18-34-24-14-7-4-8-15-24/h3-16,21,26H,17-20H2,1-2H3,(H,30,33)/t26-/m0/s1. The van der Waals surface area contributed by atoms with E-state index in [0.717, 1.165) is 16.0 Å². The quantitative estimate of drug-likeness (QED) is 0.333. The normalized spacial score (nSPS) is 11.8. The van der Waals surface area contributed by atoms with Crippen molar-refractivity contribution in [3.8, 4) is 0 Å². The minimum atomic E-state index is -0.643. The van der Waals surface area contributed by atoms with Crippen molar-refractivity contribution in [1.29, 1.82) is 0 Å². The zero-order valence-electron chi connectivity index (χ0n) is 19.6. The van der Waals surface area contributed by atoms with Gasteiger partial charge in [0.05, 0.1) is 0 Å². The minimum absolute atomic E-state index is 0.0309. The number of rotatable bonds is 11. The zero-order valence-corrected chi connectivity index (χ0v) is 21.2. The summed E-state index contributed by atoms with van der Waals surface area (Å²) in [6.07, 6.45) is 0.756. The van der Waals surface area contributed by atoms with Gasteiger partial charge in [0.25, 0.3) is 0 Å². The Labute approximate surface area is 211 Å². The number of hydrogen-bond donors (Lipinski definition) is 1. The van der Waals surface area contributed by atoms with Crippen LogP contribution in [0.2, 0.25) is 5.02 Å². The van der Waals surface area contributed by atoms with E-state index < -0.39 is 6.04 Å². The third kappa shape index (κ3) is 7.93. The molecule has 6 heteroatoms. The van der Waals surface area contributed by atoms with Crippen LogP contribution in [0.5, 0.6) is 0 Å². The number of carbonyl (C=O) groups is 2. The predicted molar refractivity (Wildman–Crippen MR) is 141 cm³/mol. The first-order valence-corrected chi connectivity index (χ1v) is 12.9. The van der Waals surface area contributed by atoms with Gasteiger partial charge in [-0.15, -0.1) is 11.8 Å². The van der Waals surface area contributed by atoms with Crippen LogP contribution in [0, 0.1) is 0 Å². The van der Waals surface area contributed by atoms with E-state index in [4.69, 9.17) is 11.6 Å². The van der Waals surface area contributed by atoms with Crippen LogP contribution in [0.4, 0.5) is 0 Å². The highest BCUT2D eigenvalue weighted by atomic mass is 35.5. The molecule has 0 saturated carbocycles. The van der Waals surface area contributed by atoms with Gasteiger partial charge in [0.15, 0.2) is 0 Å². The molecule has 4 nitrogen and oxygen atoms in total. The highest BCUT2D eigenvalue weighted by Crippen LogP contribution is 2.23. The summed E-state index contributed by atoms with van der Waals surface area (Å²) in [6, 6.07) is 26.6. The van der Waals surface area contributed by atoms with Crippen molar-refractivity contribution >= 4 is 35.2 Å². The Morgan fingerprint density at radius 3 is 2.18 bits per heavy atom. The summed E-state index contributed by atoms with van der Waals surface area (Å²) in [4.78, 5) is 29.7. The largest absolute Gasteiger partial charge is 0.352 e. The summed E-state index contributed by atoms with van der Waals surface area (Å²) in [5, 5.41) is 3.59. The van der Waals surface area contributed by atoms with Gasteiger partial charge in [-0.2, -0.15) is 0 Å². The lowest BCUT2D eigenvalue weighted by molar-refractivity contribution is -0.141. The lowest BCUT2D eigenvalue weighted by atomic mass is 10.0. The molecule has 0 bridgehead atoms. The molecule has 1 atom stereocenters. The Hall–Kier alpha value is -2.76. The van der Waals surface area contributed by atoms with Gasteiger partial charge in [0, 0.05) is 41.1 Å². The molecule has 3 rings (SSSR count). The summed E-state index contributed by atoms with van der Waals surface area (Å²) in [5.41, 5.74) is 1.82. The lowest BCUT2D eigenvalue weighted by Crippen LogP contribution is -2.51. The third-order valence-corrected chi connectivity index (χ3v) is 6.71. The molecule has 1 N–H and O–H groups in total. The van der Waals surface area contributed by atoms with E-state index in [0.29, 0.717) is 23.6 Å². The topological polar surface area (TPSA) is 49.4 Å². The molecule has 0 aliphatic carbocycles. The summed E-state index contributed by atoms with van der Waals surface area (Å²) >= 11 is 8.08. The highest BCUT2D eigenvalue weighted by Gasteiger charge is 2.30. The molecule has 2 amide bonds. The molecule has 0 aliphatic heterocycles. The molecular weight excluding hydrogens is 464 g/mol. The van der Waals surface area contributed by atoms with Crippen molar-refractivity contribution < 1.29 is 9.59 Å².